The fourth-order valence-corrected chi connectivity index (χ4v) is 3.60. The normalized spacial score (nSPS) is 21.8. The highest BCUT2D eigenvalue weighted by atomic mass is 32.1. The smallest absolute Gasteiger partial charge is 0.223 e. The summed E-state index contributed by atoms with van der Waals surface area (Å²) in [5.41, 5.74) is 1.02. The average Bonchev–Trinajstić information content (AvgIpc) is 3.11. The summed E-state index contributed by atoms with van der Waals surface area (Å²) in [6, 6.07) is 0. The van der Waals surface area contributed by atoms with Crippen molar-refractivity contribution in [1.82, 2.24) is 9.88 Å². The minimum absolute atomic E-state index is 0.0118. The number of amides is 1. The highest BCUT2D eigenvalue weighted by Crippen LogP contribution is 2.27. The van der Waals surface area contributed by atoms with Crippen molar-refractivity contribution < 1.29 is 14.3 Å². The first-order chi connectivity index (χ1) is 10.2. The van der Waals surface area contributed by atoms with Crippen LogP contribution < -0.4 is 5.32 Å². The van der Waals surface area contributed by atoms with Crippen LogP contribution in [-0.2, 0) is 20.8 Å². The number of hydrogen-bond donors (Lipinski definition) is 1. The van der Waals surface area contributed by atoms with E-state index in [2.05, 4.69) is 15.2 Å². The minimum atomic E-state index is -0.0757. The van der Waals surface area contributed by atoms with Crippen LogP contribution in [0.2, 0.25) is 0 Å². The molecule has 0 radical (unpaired) electrons. The lowest BCUT2D eigenvalue weighted by molar-refractivity contribution is -0.114. The standard InChI is InChI=1S/C14H21N3O3S/c1-10(18)15-14-16-12(9-21-14)8-17-4-2-11(3-5-17)13-19-6-7-20-13/h9,11,13H,2-8H2,1H3,(H,15,16,18). The second kappa shape index (κ2) is 6.83. The van der Waals surface area contributed by atoms with Crippen molar-refractivity contribution in [2.24, 2.45) is 5.92 Å². The second-order valence-electron chi connectivity index (χ2n) is 5.55. The van der Waals surface area contributed by atoms with E-state index in [0.29, 0.717) is 11.0 Å². The number of aromatic nitrogens is 1. The summed E-state index contributed by atoms with van der Waals surface area (Å²) in [4.78, 5) is 17.8. The third-order valence-electron chi connectivity index (χ3n) is 3.89. The number of likely N-dealkylation sites (tertiary alicyclic amines) is 1. The summed E-state index contributed by atoms with van der Waals surface area (Å²) in [5.74, 6) is 0.447. The van der Waals surface area contributed by atoms with Gasteiger partial charge >= 0.3 is 0 Å². The van der Waals surface area contributed by atoms with Gasteiger partial charge in [0.25, 0.3) is 0 Å². The Morgan fingerprint density at radius 1 is 1.43 bits per heavy atom. The summed E-state index contributed by atoms with van der Waals surface area (Å²) >= 11 is 1.48. The molecule has 2 fully saturated rings. The SMILES string of the molecule is CC(=O)Nc1nc(CN2CCC(C3OCCO3)CC2)cs1. The van der Waals surface area contributed by atoms with Gasteiger partial charge in [-0.3, -0.25) is 9.69 Å². The fourth-order valence-electron chi connectivity index (χ4n) is 2.85. The van der Waals surface area contributed by atoms with Crippen LogP contribution in [0.1, 0.15) is 25.5 Å². The van der Waals surface area contributed by atoms with Crippen LogP contribution in [0.25, 0.3) is 0 Å². The Kier molecular flexibility index (Phi) is 4.84. The lowest BCUT2D eigenvalue weighted by atomic mass is 9.96. The van der Waals surface area contributed by atoms with Gasteiger partial charge in [0.05, 0.1) is 18.9 Å². The van der Waals surface area contributed by atoms with Crippen LogP contribution in [0.4, 0.5) is 5.13 Å². The van der Waals surface area contributed by atoms with Gasteiger partial charge in [0, 0.05) is 24.8 Å². The number of hydrogen-bond acceptors (Lipinski definition) is 6. The maximum atomic E-state index is 11.0. The number of ether oxygens (including phenoxy) is 2. The van der Waals surface area contributed by atoms with E-state index in [1.165, 1.54) is 18.3 Å². The number of rotatable bonds is 4. The Balaban J connectivity index is 1.46. The zero-order chi connectivity index (χ0) is 14.7. The lowest BCUT2D eigenvalue weighted by Crippen LogP contribution is -2.37. The van der Waals surface area contributed by atoms with Gasteiger partial charge in [-0.1, -0.05) is 0 Å². The van der Waals surface area contributed by atoms with Crippen LogP contribution in [0.15, 0.2) is 5.38 Å². The van der Waals surface area contributed by atoms with Gasteiger partial charge in [-0.05, 0) is 25.9 Å². The van der Waals surface area contributed by atoms with Crippen molar-refractivity contribution in [2.75, 3.05) is 31.6 Å². The van der Waals surface area contributed by atoms with Crippen LogP contribution in [0, 0.1) is 5.92 Å². The third-order valence-corrected chi connectivity index (χ3v) is 4.69. The number of anilines is 1. The van der Waals surface area contributed by atoms with Gasteiger partial charge in [-0.2, -0.15) is 0 Å². The molecular weight excluding hydrogens is 290 g/mol. The Hall–Kier alpha value is -1.02. The van der Waals surface area contributed by atoms with Gasteiger partial charge in [-0.25, -0.2) is 4.98 Å². The van der Waals surface area contributed by atoms with Gasteiger partial charge < -0.3 is 14.8 Å². The fraction of sp³-hybridized carbons (Fsp3) is 0.714. The molecule has 21 heavy (non-hydrogen) atoms. The molecule has 1 amide bonds. The van der Waals surface area contributed by atoms with E-state index >= 15 is 0 Å². The first kappa shape index (κ1) is 14.9. The Morgan fingerprint density at radius 3 is 2.81 bits per heavy atom. The first-order valence-electron chi connectivity index (χ1n) is 7.38. The molecule has 116 valence electrons. The molecule has 1 N–H and O–H groups in total. The minimum Gasteiger partial charge on any atom is -0.350 e. The molecule has 0 spiro atoms. The highest BCUT2D eigenvalue weighted by Gasteiger charge is 2.30. The molecule has 0 saturated carbocycles. The predicted octanol–water partition coefficient (Wildman–Crippen LogP) is 1.69. The number of nitrogens with one attached hydrogen (secondary N) is 1. The third kappa shape index (κ3) is 4.00. The van der Waals surface area contributed by atoms with Gasteiger partial charge in [-0.15, -0.1) is 11.3 Å². The predicted molar refractivity (Wildman–Crippen MR) is 80.1 cm³/mol. The van der Waals surface area contributed by atoms with E-state index in [4.69, 9.17) is 9.47 Å². The van der Waals surface area contributed by atoms with Crippen molar-refractivity contribution >= 4 is 22.4 Å². The van der Waals surface area contributed by atoms with E-state index in [0.717, 1.165) is 51.4 Å². The number of thiazole rings is 1. The number of carbonyl (C=O) groups is 1. The molecule has 6 nitrogen and oxygen atoms in total. The van der Waals surface area contributed by atoms with Crippen molar-refractivity contribution in [2.45, 2.75) is 32.6 Å². The molecule has 0 bridgehead atoms. The molecule has 3 rings (SSSR count). The average molecular weight is 311 g/mol. The summed E-state index contributed by atoms with van der Waals surface area (Å²) in [6.07, 6.45) is 2.22. The maximum absolute atomic E-state index is 11.0. The van der Waals surface area contributed by atoms with Gasteiger partial charge in [0.15, 0.2) is 11.4 Å². The largest absolute Gasteiger partial charge is 0.350 e. The molecule has 2 saturated heterocycles. The van der Waals surface area contributed by atoms with E-state index in [9.17, 15) is 4.79 Å². The Bertz CT molecular complexity index is 480. The van der Waals surface area contributed by atoms with Crippen LogP contribution in [0.5, 0.6) is 0 Å². The molecule has 2 aliphatic heterocycles. The molecule has 0 unspecified atom stereocenters. The van der Waals surface area contributed by atoms with Crippen molar-refractivity contribution in [3.05, 3.63) is 11.1 Å². The lowest BCUT2D eigenvalue weighted by Gasteiger charge is -2.33. The molecule has 1 aromatic heterocycles. The molecular formula is C14H21N3O3S. The molecule has 0 atom stereocenters. The summed E-state index contributed by atoms with van der Waals surface area (Å²) in [7, 11) is 0. The number of carbonyl (C=O) groups excluding carboxylic acids is 1. The van der Waals surface area contributed by atoms with Gasteiger partial charge in [0.1, 0.15) is 0 Å². The van der Waals surface area contributed by atoms with Crippen molar-refractivity contribution in [1.29, 1.82) is 0 Å². The van der Waals surface area contributed by atoms with Gasteiger partial charge in [0.2, 0.25) is 5.91 Å². The van der Waals surface area contributed by atoms with E-state index in [-0.39, 0.29) is 12.2 Å². The maximum Gasteiger partial charge on any atom is 0.223 e. The zero-order valence-electron chi connectivity index (χ0n) is 12.2. The Morgan fingerprint density at radius 2 is 2.14 bits per heavy atom. The molecule has 0 aromatic carbocycles. The molecule has 0 aliphatic carbocycles. The molecule has 1 aromatic rings. The zero-order valence-corrected chi connectivity index (χ0v) is 13.0. The number of piperidine rings is 1. The summed E-state index contributed by atoms with van der Waals surface area (Å²) < 4.78 is 11.2. The van der Waals surface area contributed by atoms with Crippen LogP contribution in [0.3, 0.4) is 0 Å². The monoisotopic (exact) mass is 311 g/mol. The van der Waals surface area contributed by atoms with E-state index in [1.807, 2.05) is 5.38 Å². The highest BCUT2D eigenvalue weighted by molar-refractivity contribution is 7.13. The van der Waals surface area contributed by atoms with Crippen LogP contribution >= 0.6 is 11.3 Å². The summed E-state index contributed by atoms with van der Waals surface area (Å²) in [6.45, 7) is 5.89. The first-order valence-corrected chi connectivity index (χ1v) is 8.26. The van der Waals surface area contributed by atoms with E-state index in [1.54, 1.807) is 0 Å². The second-order valence-corrected chi connectivity index (χ2v) is 6.41. The van der Waals surface area contributed by atoms with Crippen molar-refractivity contribution in [3.8, 4) is 0 Å². The topological polar surface area (TPSA) is 63.7 Å². The number of nitrogens with zero attached hydrogens (tertiary/aromatic N) is 2. The van der Waals surface area contributed by atoms with E-state index < -0.39 is 0 Å². The molecule has 3 heterocycles. The summed E-state index contributed by atoms with van der Waals surface area (Å²) in [5, 5.41) is 5.42. The molecule has 7 heteroatoms. The van der Waals surface area contributed by atoms with Crippen molar-refractivity contribution in [3.63, 3.8) is 0 Å². The Labute approximate surface area is 128 Å². The van der Waals surface area contributed by atoms with Crippen LogP contribution in [-0.4, -0.2) is 48.4 Å². The molecule has 2 aliphatic rings. The quantitative estimate of drug-likeness (QED) is 0.917.